The minimum atomic E-state index is -0.524. The Morgan fingerprint density at radius 1 is 1.56 bits per heavy atom. The normalized spacial score (nSPS) is 17.6. The molecule has 0 unspecified atom stereocenters. The van der Waals surface area contributed by atoms with Gasteiger partial charge in [0.2, 0.25) is 5.75 Å². The van der Waals surface area contributed by atoms with Crippen LogP contribution in [0.1, 0.15) is 6.92 Å². The van der Waals surface area contributed by atoms with Gasteiger partial charge in [0.05, 0.1) is 4.92 Å². The fourth-order valence-electron chi connectivity index (χ4n) is 1.55. The summed E-state index contributed by atoms with van der Waals surface area (Å²) in [6.45, 7) is 3.14. The number of benzene rings is 1. The van der Waals surface area contributed by atoms with Crippen LogP contribution in [0.15, 0.2) is 18.2 Å². The molecule has 1 heterocycles. The van der Waals surface area contributed by atoms with E-state index in [1.165, 1.54) is 18.2 Å². The van der Waals surface area contributed by atoms with Crippen LogP contribution < -0.4 is 10.1 Å². The van der Waals surface area contributed by atoms with Gasteiger partial charge in [-0.15, -0.1) is 0 Å². The number of nitrogens with zero attached hydrogens (tertiary/aromatic N) is 1. The number of nitro groups is 1. The molecule has 2 N–H and O–H groups in total. The summed E-state index contributed by atoms with van der Waals surface area (Å²) in [5, 5.41) is 23.1. The van der Waals surface area contributed by atoms with Gasteiger partial charge in [0.1, 0.15) is 11.4 Å². The summed E-state index contributed by atoms with van der Waals surface area (Å²) in [5.74, 6) is 0.0606. The predicted molar refractivity (Wildman–Crippen MR) is 56.7 cm³/mol. The van der Waals surface area contributed by atoms with E-state index in [9.17, 15) is 15.2 Å². The fourth-order valence-corrected chi connectivity index (χ4v) is 1.55. The van der Waals surface area contributed by atoms with E-state index in [2.05, 4.69) is 5.32 Å². The van der Waals surface area contributed by atoms with Crippen LogP contribution in [0.25, 0.3) is 0 Å². The Bertz CT molecular complexity index is 429. The minimum absolute atomic E-state index is 0.0449. The van der Waals surface area contributed by atoms with Gasteiger partial charge in [-0.25, -0.2) is 0 Å². The molecule has 16 heavy (non-hydrogen) atoms. The monoisotopic (exact) mass is 224 g/mol. The highest BCUT2D eigenvalue weighted by atomic mass is 16.6. The average molecular weight is 224 g/mol. The second-order valence-electron chi connectivity index (χ2n) is 4.06. The lowest BCUT2D eigenvalue weighted by Gasteiger charge is -2.39. The van der Waals surface area contributed by atoms with Gasteiger partial charge in [-0.3, -0.25) is 10.1 Å². The molecule has 1 aromatic carbocycles. The van der Waals surface area contributed by atoms with Crippen molar-refractivity contribution in [3.63, 3.8) is 0 Å². The first-order valence-electron chi connectivity index (χ1n) is 4.87. The summed E-state index contributed by atoms with van der Waals surface area (Å²) < 4.78 is 5.55. The lowest BCUT2D eigenvalue weighted by Crippen LogP contribution is -2.61. The van der Waals surface area contributed by atoms with Crippen LogP contribution in [0.2, 0.25) is 0 Å². The quantitative estimate of drug-likeness (QED) is 0.592. The first kappa shape index (κ1) is 10.7. The van der Waals surface area contributed by atoms with E-state index < -0.39 is 10.5 Å². The zero-order valence-electron chi connectivity index (χ0n) is 8.77. The Kier molecular flexibility index (Phi) is 2.43. The molecule has 1 aliphatic rings. The average Bonchev–Trinajstić information content (AvgIpc) is 2.15. The summed E-state index contributed by atoms with van der Waals surface area (Å²) in [7, 11) is 0. The SMILES string of the molecule is CC1(Oc2cc(O)ccc2[N+](=O)[O-])CNC1. The number of hydrogen-bond donors (Lipinski definition) is 2. The van der Waals surface area contributed by atoms with Gasteiger partial charge in [-0.2, -0.15) is 0 Å². The van der Waals surface area contributed by atoms with E-state index in [-0.39, 0.29) is 17.2 Å². The molecule has 0 spiro atoms. The van der Waals surface area contributed by atoms with E-state index in [0.29, 0.717) is 13.1 Å². The summed E-state index contributed by atoms with van der Waals surface area (Å²) in [4.78, 5) is 10.2. The lowest BCUT2D eigenvalue weighted by molar-refractivity contribution is -0.386. The molecule has 0 aromatic heterocycles. The highest BCUT2D eigenvalue weighted by Gasteiger charge is 2.35. The largest absolute Gasteiger partial charge is 0.508 e. The fraction of sp³-hybridized carbons (Fsp3) is 0.400. The molecular formula is C10H12N2O4. The van der Waals surface area contributed by atoms with Crippen LogP contribution in [-0.4, -0.2) is 28.7 Å². The number of phenols is 1. The van der Waals surface area contributed by atoms with Crippen molar-refractivity contribution in [3.8, 4) is 11.5 Å². The van der Waals surface area contributed by atoms with Crippen molar-refractivity contribution in [2.24, 2.45) is 0 Å². The second-order valence-corrected chi connectivity index (χ2v) is 4.06. The third kappa shape index (κ3) is 1.92. The van der Waals surface area contributed by atoms with E-state index in [1.807, 2.05) is 6.92 Å². The Balaban J connectivity index is 2.30. The van der Waals surface area contributed by atoms with Crippen molar-refractivity contribution >= 4 is 5.69 Å². The van der Waals surface area contributed by atoms with Crippen LogP contribution in [0.5, 0.6) is 11.5 Å². The Morgan fingerprint density at radius 2 is 2.25 bits per heavy atom. The number of phenolic OH excluding ortho intramolecular Hbond substituents is 1. The molecule has 86 valence electrons. The van der Waals surface area contributed by atoms with Crippen LogP contribution in [0, 0.1) is 10.1 Å². The highest BCUT2D eigenvalue weighted by molar-refractivity contribution is 5.50. The zero-order valence-corrected chi connectivity index (χ0v) is 8.77. The molecule has 1 fully saturated rings. The van der Waals surface area contributed by atoms with Crippen LogP contribution in [0.4, 0.5) is 5.69 Å². The standard InChI is InChI=1S/C10H12N2O4/c1-10(5-11-6-10)16-9-4-7(13)2-3-8(9)12(14)15/h2-4,11,13H,5-6H2,1H3. The molecule has 0 amide bonds. The third-order valence-electron chi connectivity index (χ3n) is 2.49. The van der Waals surface area contributed by atoms with Gasteiger partial charge >= 0.3 is 5.69 Å². The Hall–Kier alpha value is -1.82. The number of nitro benzene ring substituents is 1. The topological polar surface area (TPSA) is 84.6 Å². The maximum atomic E-state index is 10.8. The molecule has 0 atom stereocenters. The molecule has 0 bridgehead atoms. The van der Waals surface area contributed by atoms with Crippen LogP contribution in [0.3, 0.4) is 0 Å². The molecular weight excluding hydrogens is 212 g/mol. The first-order valence-corrected chi connectivity index (χ1v) is 4.87. The molecule has 1 saturated heterocycles. The van der Waals surface area contributed by atoms with Crippen molar-refractivity contribution in [2.45, 2.75) is 12.5 Å². The second kappa shape index (κ2) is 3.64. The molecule has 6 heteroatoms. The number of nitrogens with one attached hydrogen (secondary N) is 1. The molecule has 1 aliphatic heterocycles. The van der Waals surface area contributed by atoms with Gasteiger partial charge in [0, 0.05) is 25.2 Å². The van der Waals surface area contributed by atoms with Crippen molar-refractivity contribution in [3.05, 3.63) is 28.3 Å². The van der Waals surface area contributed by atoms with Gasteiger partial charge < -0.3 is 15.2 Å². The van der Waals surface area contributed by atoms with Gasteiger partial charge in [-0.1, -0.05) is 0 Å². The summed E-state index contributed by atoms with van der Waals surface area (Å²) in [6.07, 6.45) is 0. The van der Waals surface area contributed by atoms with Crippen molar-refractivity contribution in [1.82, 2.24) is 5.32 Å². The van der Waals surface area contributed by atoms with Crippen LogP contribution >= 0.6 is 0 Å². The van der Waals surface area contributed by atoms with Crippen molar-refractivity contribution < 1.29 is 14.8 Å². The van der Waals surface area contributed by atoms with Gasteiger partial charge in [-0.05, 0) is 13.0 Å². The number of hydrogen-bond acceptors (Lipinski definition) is 5. The maximum Gasteiger partial charge on any atom is 0.311 e. The summed E-state index contributed by atoms with van der Waals surface area (Å²) in [5.41, 5.74) is -0.565. The van der Waals surface area contributed by atoms with E-state index >= 15 is 0 Å². The highest BCUT2D eigenvalue weighted by Crippen LogP contribution is 2.34. The minimum Gasteiger partial charge on any atom is -0.508 e. The van der Waals surface area contributed by atoms with Crippen molar-refractivity contribution in [1.29, 1.82) is 0 Å². The molecule has 0 saturated carbocycles. The molecule has 1 aromatic rings. The van der Waals surface area contributed by atoms with E-state index in [1.54, 1.807) is 0 Å². The van der Waals surface area contributed by atoms with Crippen LogP contribution in [-0.2, 0) is 0 Å². The molecule has 2 rings (SSSR count). The smallest absolute Gasteiger partial charge is 0.311 e. The summed E-state index contributed by atoms with van der Waals surface area (Å²) >= 11 is 0. The predicted octanol–water partition coefficient (Wildman–Crippen LogP) is 1.04. The van der Waals surface area contributed by atoms with E-state index in [4.69, 9.17) is 4.74 Å². The Morgan fingerprint density at radius 3 is 2.75 bits per heavy atom. The van der Waals surface area contributed by atoms with Gasteiger partial charge in [0.15, 0.2) is 0 Å². The van der Waals surface area contributed by atoms with E-state index in [0.717, 1.165) is 0 Å². The number of ether oxygens (including phenoxy) is 1. The first-order chi connectivity index (χ1) is 7.50. The molecule has 6 nitrogen and oxygen atoms in total. The lowest BCUT2D eigenvalue weighted by atomic mass is 10.00. The zero-order chi connectivity index (χ0) is 11.8. The summed E-state index contributed by atoms with van der Waals surface area (Å²) in [6, 6.07) is 3.77. The molecule has 0 aliphatic carbocycles. The third-order valence-corrected chi connectivity index (χ3v) is 2.49. The number of rotatable bonds is 3. The van der Waals surface area contributed by atoms with Gasteiger partial charge in [0.25, 0.3) is 0 Å². The Labute approximate surface area is 92.0 Å². The maximum absolute atomic E-state index is 10.8. The van der Waals surface area contributed by atoms with Crippen molar-refractivity contribution in [2.75, 3.05) is 13.1 Å². The number of aromatic hydroxyl groups is 1. The molecule has 0 radical (unpaired) electrons.